The van der Waals surface area contributed by atoms with E-state index in [9.17, 15) is 4.79 Å². The number of fused-ring (bicyclic) bond motifs is 1. The summed E-state index contributed by atoms with van der Waals surface area (Å²) < 4.78 is 0. The Kier molecular flexibility index (Phi) is 3.33. The van der Waals surface area contributed by atoms with E-state index in [4.69, 9.17) is 11.5 Å². The molecule has 1 aromatic carbocycles. The van der Waals surface area contributed by atoms with Crippen molar-refractivity contribution in [2.75, 3.05) is 18.8 Å². The molecule has 1 atom stereocenters. The van der Waals surface area contributed by atoms with E-state index in [1.807, 2.05) is 19.1 Å². The van der Waals surface area contributed by atoms with Crippen LogP contribution in [0.3, 0.4) is 0 Å². The van der Waals surface area contributed by atoms with Gasteiger partial charge in [0.15, 0.2) is 0 Å². The molecule has 4 nitrogen and oxygen atoms in total. The first kappa shape index (κ1) is 11.9. The first-order valence-corrected chi connectivity index (χ1v) is 5.96. The van der Waals surface area contributed by atoms with Crippen LogP contribution in [0.5, 0.6) is 0 Å². The zero-order chi connectivity index (χ0) is 12.4. The number of hydrogen-bond acceptors (Lipinski definition) is 3. The lowest BCUT2D eigenvalue weighted by molar-refractivity contribution is -0.121. The molecule has 2 rings (SSSR count). The van der Waals surface area contributed by atoms with Crippen LogP contribution in [0.1, 0.15) is 18.1 Å². The molecule has 1 unspecified atom stereocenters. The normalized spacial score (nSPS) is 17.5. The number of amides is 1. The minimum Gasteiger partial charge on any atom is -0.398 e. The van der Waals surface area contributed by atoms with Crippen LogP contribution in [0.25, 0.3) is 0 Å². The van der Waals surface area contributed by atoms with E-state index in [0.717, 1.165) is 31.7 Å². The molecule has 0 bridgehead atoms. The van der Waals surface area contributed by atoms with Crippen molar-refractivity contribution in [1.29, 1.82) is 0 Å². The van der Waals surface area contributed by atoms with E-state index in [1.165, 1.54) is 11.1 Å². The molecule has 0 spiro atoms. The number of primary amides is 1. The maximum absolute atomic E-state index is 11.0. The summed E-state index contributed by atoms with van der Waals surface area (Å²) in [5.74, 6) is -0.332. The highest BCUT2D eigenvalue weighted by molar-refractivity contribution is 5.76. The van der Waals surface area contributed by atoms with Gasteiger partial charge < -0.3 is 11.5 Å². The standard InChI is InChI=1S/C13H19N3O/c1-9(13(15)17)7-16-6-5-11-10(8-16)3-2-4-12(11)14/h2-4,9H,5-8,14H2,1H3,(H2,15,17). The van der Waals surface area contributed by atoms with Crippen LogP contribution in [0.15, 0.2) is 18.2 Å². The summed E-state index contributed by atoms with van der Waals surface area (Å²) in [5.41, 5.74) is 14.6. The van der Waals surface area contributed by atoms with Gasteiger partial charge in [0.05, 0.1) is 0 Å². The number of hydrogen-bond donors (Lipinski definition) is 2. The fourth-order valence-corrected chi connectivity index (χ4v) is 2.33. The van der Waals surface area contributed by atoms with Gasteiger partial charge in [-0.2, -0.15) is 0 Å². The average Bonchev–Trinajstić information content (AvgIpc) is 2.29. The lowest BCUT2D eigenvalue weighted by Crippen LogP contribution is -2.38. The van der Waals surface area contributed by atoms with Crippen molar-refractivity contribution in [3.05, 3.63) is 29.3 Å². The molecule has 0 aliphatic carbocycles. The second-order valence-corrected chi connectivity index (χ2v) is 4.77. The molecule has 1 heterocycles. The van der Waals surface area contributed by atoms with Crippen LogP contribution in [-0.2, 0) is 17.8 Å². The Morgan fingerprint density at radius 1 is 1.53 bits per heavy atom. The zero-order valence-corrected chi connectivity index (χ0v) is 10.1. The lowest BCUT2D eigenvalue weighted by Gasteiger charge is -2.30. The smallest absolute Gasteiger partial charge is 0.221 e. The second-order valence-electron chi connectivity index (χ2n) is 4.77. The van der Waals surface area contributed by atoms with E-state index < -0.39 is 0 Å². The Hall–Kier alpha value is -1.55. The van der Waals surface area contributed by atoms with Crippen LogP contribution < -0.4 is 11.5 Å². The maximum Gasteiger partial charge on any atom is 0.221 e. The zero-order valence-electron chi connectivity index (χ0n) is 10.1. The number of carbonyl (C=O) groups is 1. The first-order valence-electron chi connectivity index (χ1n) is 5.96. The number of benzene rings is 1. The molecule has 1 aromatic rings. The summed E-state index contributed by atoms with van der Waals surface area (Å²) in [6.07, 6.45) is 0.952. The van der Waals surface area contributed by atoms with E-state index in [2.05, 4.69) is 11.0 Å². The topological polar surface area (TPSA) is 72.3 Å². The number of anilines is 1. The minimum atomic E-state index is -0.233. The maximum atomic E-state index is 11.0. The van der Waals surface area contributed by atoms with E-state index in [0.29, 0.717) is 0 Å². The molecule has 92 valence electrons. The third-order valence-corrected chi connectivity index (χ3v) is 3.40. The van der Waals surface area contributed by atoms with Crippen LogP contribution >= 0.6 is 0 Å². The first-order chi connectivity index (χ1) is 8.08. The van der Waals surface area contributed by atoms with Gasteiger partial charge in [0, 0.05) is 31.2 Å². The van der Waals surface area contributed by atoms with Crippen molar-refractivity contribution in [1.82, 2.24) is 4.90 Å². The predicted molar refractivity (Wildman–Crippen MR) is 68.2 cm³/mol. The number of nitrogens with zero attached hydrogens (tertiary/aromatic N) is 1. The molecule has 0 radical (unpaired) electrons. The Bertz CT molecular complexity index is 431. The molecule has 0 aromatic heterocycles. The van der Waals surface area contributed by atoms with Crippen LogP contribution in [0.4, 0.5) is 5.69 Å². The van der Waals surface area contributed by atoms with Gasteiger partial charge in [-0.05, 0) is 23.6 Å². The van der Waals surface area contributed by atoms with E-state index >= 15 is 0 Å². The van der Waals surface area contributed by atoms with Gasteiger partial charge in [-0.25, -0.2) is 0 Å². The lowest BCUT2D eigenvalue weighted by atomic mass is 9.97. The SMILES string of the molecule is CC(CN1CCc2c(N)cccc2C1)C(N)=O. The summed E-state index contributed by atoms with van der Waals surface area (Å²) in [6, 6.07) is 6.03. The van der Waals surface area contributed by atoms with E-state index in [-0.39, 0.29) is 11.8 Å². The minimum absolute atomic E-state index is 0.0994. The van der Waals surface area contributed by atoms with Crippen molar-refractivity contribution in [3.63, 3.8) is 0 Å². The van der Waals surface area contributed by atoms with Crippen molar-refractivity contribution in [3.8, 4) is 0 Å². The number of nitrogen functional groups attached to an aromatic ring is 1. The number of carbonyl (C=O) groups excluding carboxylic acids is 1. The van der Waals surface area contributed by atoms with E-state index in [1.54, 1.807) is 0 Å². The molecule has 0 saturated heterocycles. The third-order valence-electron chi connectivity index (χ3n) is 3.40. The fraction of sp³-hybridized carbons (Fsp3) is 0.462. The van der Waals surface area contributed by atoms with Gasteiger partial charge in [-0.1, -0.05) is 19.1 Å². The average molecular weight is 233 g/mol. The molecule has 0 saturated carbocycles. The Balaban J connectivity index is 2.06. The molecule has 1 amide bonds. The van der Waals surface area contributed by atoms with Gasteiger partial charge in [0.2, 0.25) is 5.91 Å². The monoisotopic (exact) mass is 233 g/mol. The number of rotatable bonds is 3. The Morgan fingerprint density at radius 2 is 2.29 bits per heavy atom. The van der Waals surface area contributed by atoms with Crippen LogP contribution in [0, 0.1) is 5.92 Å². The fourth-order valence-electron chi connectivity index (χ4n) is 2.33. The molecular formula is C13H19N3O. The summed E-state index contributed by atoms with van der Waals surface area (Å²) in [7, 11) is 0. The van der Waals surface area contributed by atoms with Gasteiger partial charge in [-0.3, -0.25) is 9.69 Å². The molecule has 17 heavy (non-hydrogen) atoms. The highest BCUT2D eigenvalue weighted by Crippen LogP contribution is 2.24. The molecule has 0 fully saturated rings. The summed E-state index contributed by atoms with van der Waals surface area (Å²) in [6.45, 7) is 4.40. The largest absolute Gasteiger partial charge is 0.398 e. The summed E-state index contributed by atoms with van der Waals surface area (Å²) >= 11 is 0. The molecule has 4 N–H and O–H groups in total. The van der Waals surface area contributed by atoms with Gasteiger partial charge >= 0.3 is 0 Å². The third kappa shape index (κ3) is 2.58. The van der Waals surface area contributed by atoms with Gasteiger partial charge in [0.1, 0.15) is 0 Å². The van der Waals surface area contributed by atoms with Crippen LogP contribution in [0.2, 0.25) is 0 Å². The Morgan fingerprint density at radius 3 is 3.00 bits per heavy atom. The highest BCUT2D eigenvalue weighted by Gasteiger charge is 2.20. The van der Waals surface area contributed by atoms with Gasteiger partial charge in [0.25, 0.3) is 0 Å². The summed E-state index contributed by atoms with van der Waals surface area (Å²) in [5, 5.41) is 0. The predicted octanol–water partition coefficient (Wildman–Crippen LogP) is 0.748. The van der Waals surface area contributed by atoms with Crippen molar-refractivity contribution in [2.45, 2.75) is 19.9 Å². The van der Waals surface area contributed by atoms with Crippen molar-refractivity contribution < 1.29 is 4.79 Å². The second kappa shape index (κ2) is 4.75. The Labute approximate surface area is 102 Å². The van der Waals surface area contributed by atoms with Crippen LogP contribution in [-0.4, -0.2) is 23.9 Å². The highest BCUT2D eigenvalue weighted by atomic mass is 16.1. The van der Waals surface area contributed by atoms with Gasteiger partial charge in [-0.15, -0.1) is 0 Å². The summed E-state index contributed by atoms with van der Waals surface area (Å²) in [4.78, 5) is 13.3. The number of nitrogens with two attached hydrogens (primary N) is 2. The quantitative estimate of drug-likeness (QED) is 0.757. The van der Waals surface area contributed by atoms with Crippen molar-refractivity contribution >= 4 is 11.6 Å². The molecule has 4 heteroatoms. The molecule has 1 aliphatic heterocycles. The molecular weight excluding hydrogens is 214 g/mol. The van der Waals surface area contributed by atoms with Crippen molar-refractivity contribution in [2.24, 2.45) is 11.7 Å². The molecule has 1 aliphatic rings.